The molecule has 1 heterocycles. The first-order chi connectivity index (χ1) is 16.8. The molecule has 1 aromatic heterocycles. The lowest BCUT2D eigenvalue weighted by molar-refractivity contribution is -0.117. The lowest BCUT2D eigenvalue weighted by Gasteiger charge is -2.30. The molecule has 0 aliphatic rings. The van der Waals surface area contributed by atoms with Gasteiger partial charge < -0.3 is 5.32 Å². The van der Waals surface area contributed by atoms with E-state index in [2.05, 4.69) is 20.0 Å². The molecule has 0 aliphatic carbocycles. The zero-order valence-electron chi connectivity index (χ0n) is 20.7. The highest BCUT2D eigenvalue weighted by Crippen LogP contribution is 2.24. The number of hydrogen-bond acceptors (Lipinski definition) is 7. The highest BCUT2D eigenvalue weighted by atomic mass is 32.2. The molecule has 1 amide bonds. The molecule has 0 saturated carbocycles. The first-order valence-corrected chi connectivity index (χ1v) is 14.5. The van der Waals surface area contributed by atoms with E-state index in [4.69, 9.17) is 0 Å². The van der Waals surface area contributed by atoms with Gasteiger partial charge in [-0.2, -0.15) is 0 Å². The Morgan fingerprint density at radius 3 is 1.97 bits per heavy atom. The first kappa shape index (κ1) is 27.1. The molecule has 1 atom stereocenters. The standard InChI is InChI=1S/C24H29N5O5S2/c1-6-22(29(35(5,31)32)20-11-7-16(2)8-12-20)23(30)27-19-9-13-21(14-10-19)36(33,34)28-24-25-17(3)15-18(4)26-24/h7-15,22H,6H2,1-5H3,(H,27,30)(H,25,26,28). The molecule has 3 rings (SSSR count). The minimum absolute atomic E-state index is 0.0346. The predicted octanol–water partition coefficient (Wildman–Crippen LogP) is 3.39. The first-order valence-electron chi connectivity index (χ1n) is 11.1. The largest absolute Gasteiger partial charge is 0.324 e. The maximum absolute atomic E-state index is 13.1. The molecule has 3 aromatic rings. The maximum atomic E-state index is 13.1. The van der Waals surface area contributed by atoms with Gasteiger partial charge in [0.15, 0.2) is 0 Å². The summed E-state index contributed by atoms with van der Waals surface area (Å²) in [5, 5.41) is 2.68. The van der Waals surface area contributed by atoms with Crippen LogP contribution in [0.1, 0.15) is 30.3 Å². The van der Waals surface area contributed by atoms with E-state index in [1.54, 1.807) is 51.1 Å². The molecule has 192 valence electrons. The van der Waals surface area contributed by atoms with E-state index in [0.29, 0.717) is 22.8 Å². The Hall–Kier alpha value is -3.51. The van der Waals surface area contributed by atoms with E-state index >= 15 is 0 Å². The highest BCUT2D eigenvalue weighted by molar-refractivity contribution is 7.92. The van der Waals surface area contributed by atoms with Crippen LogP contribution in [-0.4, -0.2) is 45.0 Å². The van der Waals surface area contributed by atoms with Gasteiger partial charge in [-0.25, -0.2) is 31.5 Å². The molecule has 0 fully saturated rings. The van der Waals surface area contributed by atoms with Crippen molar-refractivity contribution in [2.24, 2.45) is 0 Å². The van der Waals surface area contributed by atoms with Gasteiger partial charge in [0, 0.05) is 17.1 Å². The van der Waals surface area contributed by atoms with Gasteiger partial charge in [0.25, 0.3) is 10.0 Å². The van der Waals surface area contributed by atoms with E-state index < -0.39 is 32.0 Å². The minimum atomic E-state index is -3.96. The van der Waals surface area contributed by atoms with Crippen molar-refractivity contribution in [1.29, 1.82) is 0 Å². The minimum Gasteiger partial charge on any atom is -0.324 e. The van der Waals surface area contributed by atoms with Crippen LogP contribution in [-0.2, 0) is 24.8 Å². The van der Waals surface area contributed by atoms with Crippen LogP contribution < -0.4 is 14.3 Å². The van der Waals surface area contributed by atoms with Crippen molar-refractivity contribution >= 4 is 43.3 Å². The van der Waals surface area contributed by atoms with Gasteiger partial charge in [-0.1, -0.05) is 24.6 Å². The van der Waals surface area contributed by atoms with Gasteiger partial charge >= 0.3 is 0 Å². The molecule has 0 bridgehead atoms. The van der Waals surface area contributed by atoms with Crippen molar-refractivity contribution in [3.8, 4) is 0 Å². The molecule has 10 nitrogen and oxygen atoms in total. The molecule has 2 N–H and O–H groups in total. The Kier molecular flexibility index (Phi) is 7.99. The molecular weight excluding hydrogens is 502 g/mol. The van der Waals surface area contributed by atoms with Crippen molar-refractivity contribution in [1.82, 2.24) is 9.97 Å². The Labute approximate surface area is 211 Å². The number of rotatable bonds is 9. The van der Waals surface area contributed by atoms with Crippen LogP contribution in [0, 0.1) is 20.8 Å². The number of hydrogen-bond donors (Lipinski definition) is 2. The summed E-state index contributed by atoms with van der Waals surface area (Å²) in [5.74, 6) is -0.575. The molecular formula is C24H29N5O5S2. The number of sulfonamides is 2. The van der Waals surface area contributed by atoms with Crippen molar-refractivity contribution in [2.45, 2.75) is 45.1 Å². The fourth-order valence-electron chi connectivity index (χ4n) is 3.65. The summed E-state index contributed by atoms with van der Waals surface area (Å²) < 4.78 is 54.1. The van der Waals surface area contributed by atoms with E-state index in [0.717, 1.165) is 16.1 Å². The summed E-state index contributed by atoms with van der Waals surface area (Å²) in [6.45, 7) is 7.06. The van der Waals surface area contributed by atoms with Crippen LogP contribution in [0.25, 0.3) is 0 Å². The summed E-state index contributed by atoms with van der Waals surface area (Å²) in [4.78, 5) is 21.2. The van der Waals surface area contributed by atoms with E-state index in [1.165, 1.54) is 24.3 Å². The van der Waals surface area contributed by atoms with Crippen LogP contribution >= 0.6 is 0 Å². The van der Waals surface area contributed by atoms with Gasteiger partial charge in [-0.15, -0.1) is 0 Å². The van der Waals surface area contributed by atoms with Crippen LogP contribution in [0.2, 0.25) is 0 Å². The third-order valence-corrected chi connectivity index (χ3v) is 7.78. The van der Waals surface area contributed by atoms with E-state index in [1.807, 2.05) is 6.92 Å². The Balaban J connectivity index is 1.80. The highest BCUT2D eigenvalue weighted by Gasteiger charge is 2.31. The van der Waals surface area contributed by atoms with Crippen molar-refractivity contribution in [3.63, 3.8) is 0 Å². The average Bonchev–Trinajstić information content (AvgIpc) is 2.76. The SMILES string of the molecule is CCC(C(=O)Nc1ccc(S(=O)(=O)Nc2nc(C)cc(C)n2)cc1)N(c1ccc(C)cc1)S(C)(=O)=O. The van der Waals surface area contributed by atoms with Crippen LogP contribution in [0.4, 0.5) is 17.3 Å². The second-order valence-corrected chi connectivity index (χ2v) is 12.0. The molecule has 0 saturated heterocycles. The smallest absolute Gasteiger partial charge is 0.264 e. The lowest BCUT2D eigenvalue weighted by Crippen LogP contribution is -2.47. The molecule has 2 aromatic carbocycles. The quantitative estimate of drug-likeness (QED) is 0.432. The Bertz CT molecular complexity index is 1440. The topological polar surface area (TPSA) is 138 Å². The second-order valence-electron chi connectivity index (χ2n) is 8.41. The van der Waals surface area contributed by atoms with Gasteiger partial charge in [-0.05, 0) is 69.7 Å². The molecule has 0 spiro atoms. The summed E-state index contributed by atoms with van der Waals surface area (Å²) >= 11 is 0. The fraction of sp³-hybridized carbons (Fsp3) is 0.292. The number of carbonyl (C=O) groups is 1. The van der Waals surface area contributed by atoms with E-state index in [-0.39, 0.29) is 17.3 Å². The fourth-order valence-corrected chi connectivity index (χ4v) is 5.80. The number of aromatic nitrogens is 2. The van der Waals surface area contributed by atoms with Gasteiger partial charge in [0.1, 0.15) is 6.04 Å². The van der Waals surface area contributed by atoms with Crippen molar-refractivity contribution in [3.05, 3.63) is 71.5 Å². The van der Waals surface area contributed by atoms with Crippen molar-refractivity contribution < 1.29 is 21.6 Å². The van der Waals surface area contributed by atoms with Gasteiger partial charge in [0.05, 0.1) is 16.8 Å². The van der Waals surface area contributed by atoms with E-state index in [9.17, 15) is 21.6 Å². The summed E-state index contributed by atoms with van der Waals surface area (Å²) in [5.41, 5.74) is 2.90. The van der Waals surface area contributed by atoms with Crippen LogP contribution in [0.5, 0.6) is 0 Å². The third-order valence-electron chi connectivity index (χ3n) is 5.26. The van der Waals surface area contributed by atoms with Gasteiger partial charge in [0.2, 0.25) is 21.9 Å². The second kappa shape index (κ2) is 10.6. The average molecular weight is 532 g/mol. The molecule has 0 aliphatic heterocycles. The predicted molar refractivity (Wildman–Crippen MR) is 140 cm³/mol. The molecule has 12 heteroatoms. The number of nitrogens with one attached hydrogen (secondary N) is 2. The molecule has 36 heavy (non-hydrogen) atoms. The Morgan fingerprint density at radius 1 is 0.917 bits per heavy atom. The lowest BCUT2D eigenvalue weighted by atomic mass is 10.1. The monoisotopic (exact) mass is 531 g/mol. The van der Waals surface area contributed by atoms with Crippen molar-refractivity contribution in [2.75, 3.05) is 20.6 Å². The normalized spacial score (nSPS) is 12.6. The number of amides is 1. The summed E-state index contributed by atoms with van der Waals surface area (Å²) in [7, 11) is -7.73. The number of nitrogens with zero attached hydrogens (tertiary/aromatic N) is 3. The van der Waals surface area contributed by atoms with Crippen LogP contribution in [0.3, 0.4) is 0 Å². The molecule has 0 radical (unpaired) electrons. The summed E-state index contributed by atoms with van der Waals surface area (Å²) in [6, 6.07) is 13.1. The van der Waals surface area contributed by atoms with Gasteiger partial charge in [-0.3, -0.25) is 9.10 Å². The molecule has 1 unspecified atom stereocenters. The number of carbonyl (C=O) groups excluding carboxylic acids is 1. The maximum Gasteiger partial charge on any atom is 0.264 e. The van der Waals surface area contributed by atoms with Crippen LogP contribution in [0.15, 0.2) is 59.5 Å². The number of aryl methyl sites for hydroxylation is 3. The zero-order valence-corrected chi connectivity index (χ0v) is 22.3. The number of anilines is 3. The zero-order chi connectivity index (χ0) is 26.7. The third kappa shape index (κ3) is 6.58. The number of benzene rings is 2. The Morgan fingerprint density at radius 2 is 1.47 bits per heavy atom. The summed E-state index contributed by atoms with van der Waals surface area (Å²) in [6.07, 6.45) is 1.27.